The SMILES string of the molecule is Fc1cccc(N=Cc2cccc3cc[nH]c23)c1. The first kappa shape index (κ1) is 10.7. The third-order valence-electron chi connectivity index (χ3n) is 2.78. The molecule has 0 unspecified atom stereocenters. The van der Waals surface area contributed by atoms with Gasteiger partial charge in [0.15, 0.2) is 0 Å². The van der Waals surface area contributed by atoms with E-state index in [1.165, 1.54) is 12.1 Å². The summed E-state index contributed by atoms with van der Waals surface area (Å²) in [7, 11) is 0. The molecule has 1 N–H and O–H groups in total. The van der Waals surface area contributed by atoms with E-state index in [0.29, 0.717) is 5.69 Å². The number of benzene rings is 2. The van der Waals surface area contributed by atoms with Crippen LogP contribution in [0, 0.1) is 5.82 Å². The van der Waals surface area contributed by atoms with Crippen LogP contribution >= 0.6 is 0 Å². The minimum atomic E-state index is -0.275. The maximum absolute atomic E-state index is 13.0. The first-order valence-corrected chi connectivity index (χ1v) is 5.69. The number of aromatic amines is 1. The van der Waals surface area contributed by atoms with Crippen LogP contribution < -0.4 is 0 Å². The molecule has 0 aliphatic heterocycles. The molecule has 0 amide bonds. The molecule has 0 atom stereocenters. The van der Waals surface area contributed by atoms with Crippen LogP contribution in [-0.2, 0) is 0 Å². The standard InChI is InChI=1S/C15H11FN2/c16-13-5-2-6-14(9-13)18-10-12-4-1-3-11-7-8-17-15(11)12/h1-10,17H. The smallest absolute Gasteiger partial charge is 0.125 e. The summed E-state index contributed by atoms with van der Waals surface area (Å²) in [5.41, 5.74) is 2.64. The summed E-state index contributed by atoms with van der Waals surface area (Å²) in [6.07, 6.45) is 3.64. The molecule has 0 fully saturated rings. The van der Waals surface area contributed by atoms with E-state index in [2.05, 4.69) is 9.98 Å². The Kier molecular flexibility index (Phi) is 2.65. The predicted octanol–water partition coefficient (Wildman–Crippen LogP) is 4.06. The first-order valence-electron chi connectivity index (χ1n) is 5.69. The van der Waals surface area contributed by atoms with Crippen molar-refractivity contribution in [2.75, 3.05) is 0 Å². The summed E-state index contributed by atoms with van der Waals surface area (Å²) in [5.74, 6) is -0.275. The number of halogens is 1. The molecule has 1 heterocycles. The van der Waals surface area contributed by atoms with Gasteiger partial charge in [0, 0.05) is 23.4 Å². The van der Waals surface area contributed by atoms with E-state index in [-0.39, 0.29) is 5.82 Å². The molecule has 0 aliphatic rings. The predicted molar refractivity (Wildman–Crippen MR) is 72.0 cm³/mol. The number of rotatable bonds is 2. The summed E-state index contributed by atoms with van der Waals surface area (Å²) < 4.78 is 13.0. The zero-order valence-corrected chi connectivity index (χ0v) is 9.60. The molecule has 0 bridgehead atoms. The normalized spacial score (nSPS) is 11.4. The minimum Gasteiger partial charge on any atom is -0.361 e. The quantitative estimate of drug-likeness (QED) is 0.652. The van der Waals surface area contributed by atoms with E-state index in [1.807, 2.05) is 30.5 Å². The molecule has 0 spiro atoms. The molecule has 88 valence electrons. The van der Waals surface area contributed by atoms with Crippen molar-refractivity contribution in [1.82, 2.24) is 4.98 Å². The Balaban J connectivity index is 1.99. The first-order chi connectivity index (χ1) is 8.83. The van der Waals surface area contributed by atoms with E-state index >= 15 is 0 Å². The van der Waals surface area contributed by atoms with Crippen molar-refractivity contribution in [3.8, 4) is 0 Å². The van der Waals surface area contributed by atoms with Gasteiger partial charge in [-0.05, 0) is 24.3 Å². The van der Waals surface area contributed by atoms with Gasteiger partial charge in [-0.2, -0.15) is 0 Å². The zero-order chi connectivity index (χ0) is 12.4. The average molecular weight is 238 g/mol. The number of nitrogens with one attached hydrogen (secondary N) is 1. The van der Waals surface area contributed by atoms with E-state index in [9.17, 15) is 4.39 Å². The third-order valence-corrected chi connectivity index (χ3v) is 2.78. The lowest BCUT2D eigenvalue weighted by Gasteiger charge is -1.97. The summed E-state index contributed by atoms with van der Waals surface area (Å²) >= 11 is 0. The molecule has 3 aromatic rings. The number of H-pyrrole nitrogens is 1. The Hall–Kier alpha value is -2.42. The van der Waals surface area contributed by atoms with Crippen molar-refractivity contribution in [2.24, 2.45) is 4.99 Å². The highest BCUT2D eigenvalue weighted by Crippen LogP contribution is 2.17. The molecular weight excluding hydrogens is 227 g/mol. The van der Waals surface area contributed by atoms with Crippen LogP contribution in [0.2, 0.25) is 0 Å². The second-order valence-corrected chi connectivity index (χ2v) is 4.03. The van der Waals surface area contributed by atoms with Crippen LogP contribution in [0.15, 0.2) is 59.7 Å². The number of para-hydroxylation sites is 1. The van der Waals surface area contributed by atoms with Crippen molar-refractivity contribution in [3.05, 3.63) is 66.1 Å². The van der Waals surface area contributed by atoms with Crippen LogP contribution in [0.4, 0.5) is 10.1 Å². The Labute approximate surface area is 104 Å². The minimum absolute atomic E-state index is 0.275. The molecular formula is C15H11FN2. The lowest BCUT2D eigenvalue weighted by molar-refractivity contribution is 0.628. The van der Waals surface area contributed by atoms with Gasteiger partial charge in [-0.1, -0.05) is 24.3 Å². The lowest BCUT2D eigenvalue weighted by Crippen LogP contribution is -1.83. The molecule has 2 aromatic carbocycles. The van der Waals surface area contributed by atoms with Crippen LogP contribution in [-0.4, -0.2) is 11.2 Å². The molecule has 3 rings (SSSR count). The second kappa shape index (κ2) is 4.45. The summed E-state index contributed by atoms with van der Waals surface area (Å²) in [6.45, 7) is 0. The van der Waals surface area contributed by atoms with Crippen molar-refractivity contribution >= 4 is 22.8 Å². The fourth-order valence-corrected chi connectivity index (χ4v) is 1.92. The van der Waals surface area contributed by atoms with Crippen molar-refractivity contribution in [3.63, 3.8) is 0 Å². The van der Waals surface area contributed by atoms with E-state index < -0.39 is 0 Å². The number of hydrogen-bond donors (Lipinski definition) is 1. The molecule has 0 aliphatic carbocycles. The van der Waals surface area contributed by atoms with Gasteiger partial charge in [0.05, 0.1) is 11.2 Å². The topological polar surface area (TPSA) is 28.1 Å². The molecule has 0 saturated carbocycles. The van der Waals surface area contributed by atoms with Crippen LogP contribution in [0.3, 0.4) is 0 Å². The highest BCUT2D eigenvalue weighted by atomic mass is 19.1. The van der Waals surface area contributed by atoms with Gasteiger partial charge < -0.3 is 4.98 Å². The monoisotopic (exact) mass is 238 g/mol. The van der Waals surface area contributed by atoms with E-state index in [1.54, 1.807) is 18.3 Å². The largest absolute Gasteiger partial charge is 0.361 e. The van der Waals surface area contributed by atoms with Gasteiger partial charge in [-0.15, -0.1) is 0 Å². The second-order valence-electron chi connectivity index (χ2n) is 4.03. The highest BCUT2D eigenvalue weighted by molar-refractivity contribution is 5.98. The summed E-state index contributed by atoms with van der Waals surface area (Å²) in [4.78, 5) is 7.45. The average Bonchev–Trinajstić information content (AvgIpc) is 2.85. The van der Waals surface area contributed by atoms with Gasteiger partial charge in [-0.3, -0.25) is 4.99 Å². The van der Waals surface area contributed by atoms with Crippen molar-refractivity contribution < 1.29 is 4.39 Å². The fourth-order valence-electron chi connectivity index (χ4n) is 1.92. The number of fused-ring (bicyclic) bond motifs is 1. The van der Waals surface area contributed by atoms with Crippen LogP contribution in [0.25, 0.3) is 10.9 Å². The van der Waals surface area contributed by atoms with Crippen molar-refractivity contribution in [1.29, 1.82) is 0 Å². The third kappa shape index (κ3) is 2.02. The maximum Gasteiger partial charge on any atom is 0.125 e. The van der Waals surface area contributed by atoms with E-state index in [0.717, 1.165) is 16.5 Å². The Morgan fingerprint density at radius 1 is 1.06 bits per heavy atom. The summed E-state index contributed by atoms with van der Waals surface area (Å²) in [6, 6.07) is 14.2. The molecule has 2 nitrogen and oxygen atoms in total. The van der Waals surface area contributed by atoms with Gasteiger partial charge in [0.2, 0.25) is 0 Å². The molecule has 0 radical (unpaired) electrons. The van der Waals surface area contributed by atoms with Gasteiger partial charge in [0.1, 0.15) is 5.82 Å². The molecule has 3 heteroatoms. The van der Waals surface area contributed by atoms with Crippen LogP contribution in [0.5, 0.6) is 0 Å². The van der Waals surface area contributed by atoms with Gasteiger partial charge in [-0.25, -0.2) is 4.39 Å². The molecule has 1 aromatic heterocycles. The number of nitrogens with zero attached hydrogens (tertiary/aromatic N) is 1. The van der Waals surface area contributed by atoms with Gasteiger partial charge in [0.25, 0.3) is 0 Å². The molecule has 18 heavy (non-hydrogen) atoms. The van der Waals surface area contributed by atoms with Gasteiger partial charge >= 0.3 is 0 Å². The summed E-state index contributed by atoms with van der Waals surface area (Å²) in [5, 5.41) is 1.14. The van der Waals surface area contributed by atoms with E-state index in [4.69, 9.17) is 0 Å². The fraction of sp³-hybridized carbons (Fsp3) is 0. The number of aromatic nitrogens is 1. The Morgan fingerprint density at radius 2 is 1.94 bits per heavy atom. The lowest BCUT2D eigenvalue weighted by atomic mass is 10.1. The Morgan fingerprint density at radius 3 is 2.83 bits per heavy atom. The highest BCUT2D eigenvalue weighted by Gasteiger charge is 1.98. The number of aliphatic imine (C=N–C) groups is 1. The molecule has 0 saturated heterocycles. The number of hydrogen-bond acceptors (Lipinski definition) is 1. The Bertz CT molecular complexity index is 713. The maximum atomic E-state index is 13.0. The zero-order valence-electron chi connectivity index (χ0n) is 9.60. The van der Waals surface area contributed by atoms with Crippen LogP contribution in [0.1, 0.15) is 5.56 Å². The van der Waals surface area contributed by atoms with Crippen molar-refractivity contribution in [2.45, 2.75) is 0 Å².